The number of hydrogen-bond acceptors (Lipinski definition) is 4. The predicted octanol–water partition coefficient (Wildman–Crippen LogP) is 1.57. The first-order valence-electron chi connectivity index (χ1n) is 6.14. The van der Waals surface area contributed by atoms with Gasteiger partial charge < -0.3 is 5.11 Å². The summed E-state index contributed by atoms with van der Waals surface area (Å²) in [4.78, 5) is 2.20. The van der Waals surface area contributed by atoms with E-state index >= 15 is 0 Å². The van der Waals surface area contributed by atoms with E-state index in [-0.39, 0.29) is 29.3 Å². The Labute approximate surface area is 108 Å². The third-order valence-electron chi connectivity index (χ3n) is 3.59. The quantitative estimate of drug-likeness (QED) is 0.885. The topological polar surface area (TPSA) is 57.6 Å². The van der Waals surface area contributed by atoms with Crippen LogP contribution in [0.1, 0.15) is 25.5 Å². The van der Waals surface area contributed by atoms with Gasteiger partial charge in [-0.25, -0.2) is 8.42 Å². The minimum atomic E-state index is -2.87. The van der Waals surface area contributed by atoms with E-state index in [2.05, 4.69) is 11.8 Å². The van der Waals surface area contributed by atoms with Gasteiger partial charge in [0.25, 0.3) is 0 Å². The van der Waals surface area contributed by atoms with Crippen LogP contribution >= 0.6 is 0 Å². The maximum absolute atomic E-state index is 11.6. The molecular weight excluding hydrogens is 250 g/mol. The molecule has 5 heteroatoms. The number of hydrogen-bond donors (Lipinski definition) is 1. The van der Waals surface area contributed by atoms with E-state index in [1.54, 1.807) is 12.1 Å². The van der Waals surface area contributed by atoms with Gasteiger partial charge in [0.1, 0.15) is 5.75 Å². The highest BCUT2D eigenvalue weighted by Gasteiger charge is 2.31. The molecule has 1 heterocycles. The second-order valence-electron chi connectivity index (χ2n) is 4.97. The maximum atomic E-state index is 11.6. The first-order chi connectivity index (χ1) is 8.39. The average molecular weight is 269 g/mol. The van der Waals surface area contributed by atoms with Gasteiger partial charge in [-0.15, -0.1) is 0 Å². The molecule has 1 aliphatic rings. The van der Waals surface area contributed by atoms with Crippen molar-refractivity contribution >= 4 is 9.84 Å². The largest absolute Gasteiger partial charge is 0.508 e. The van der Waals surface area contributed by atoms with Crippen LogP contribution in [0.2, 0.25) is 0 Å². The summed E-state index contributed by atoms with van der Waals surface area (Å²) in [6.07, 6.45) is 0. The zero-order valence-corrected chi connectivity index (χ0v) is 11.5. The first kappa shape index (κ1) is 13.4. The highest BCUT2D eigenvalue weighted by atomic mass is 32.2. The fourth-order valence-corrected chi connectivity index (χ4v) is 4.11. The van der Waals surface area contributed by atoms with Gasteiger partial charge in [-0.1, -0.05) is 12.1 Å². The highest BCUT2D eigenvalue weighted by Crippen LogP contribution is 2.26. The molecular formula is C13H19NO3S. The van der Waals surface area contributed by atoms with Crippen LogP contribution < -0.4 is 0 Å². The second-order valence-corrected chi connectivity index (χ2v) is 7.20. The van der Waals surface area contributed by atoms with E-state index in [4.69, 9.17) is 0 Å². The van der Waals surface area contributed by atoms with Crippen LogP contribution in [-0.2, 0) is 9.84 Å². The Kier molecular flexibility index (Phi) is 3.64. The summed E-state index contributed by atoms with van der Waals surface area (Å²) in [6.45, 7) is 4.60. The van der Waals surface area contributed by atoms with Crippen LogP contribution in [0.3, 0.4) is 0 Å². The number of nitrogens with zero attached hydrogens (tertiary/aromatic N) is 1. The van der Waals surface area contributed by atoms with Gasteiger partial charge >= 0.3 is 0 Å². The zero-order chi connectivity index (χ0) is 13.3. The van der Waals surface area contributed by atoms with Crippen molar-refractivity contribution < 1.29 is 13.5 Å². The van der Waals surface area contributed by atoms with Gasteiger partial charge in [-0.3, -0.25) is 4.90 Å². The molecule has 1 aromatic carbocycles. The Hall–Kier alpha value is -1.07. The standard InChI is InChI=1S/C13H19NO3S/c1-10-9-18(16,17)8-7-14(10)11(2)12-3-5-13(15)6-4-12/h3-6,10-11,15H,7-9H2,1-2H3. The summed E-state index contributed by atoms with van der Waals surface area (Å²) in [6, 6.07) is 7.30. The molecule has 1 aliphatic heterocycles. The van der Waals surface area contributed by atoms with Crippen LogP contribution in [0.15, 0.2) is 24.3 Å². The first-order valence-corrected chi connectivity index (χ1v) is 7.96. The van der Waals surface area contributed by atoms with Crippen molar-refractivity contribution in [3.05, 3.63) is 29.8 Å². The average Bonchev–Trinajstić information content (AvgIpc) is 2.28. The van der Waals surface area contributed by atoms with Crippen LogP contribution in [0.5, 0.6) is 5.75 Å². The normalized spacial score (nSPS) is 25.8. The lowest BCUT2D eigenvalue weighted by molar-refractivity contribution is 0.169. The van der Waals surface area contributed by atoms with E-state index in [0.717, 1.165) is 5.56 Å². The van der Waals surface area contributed by atoms with Gasteiger partial charge in [0.15, 0.2) is 9.84 Å². The number of sulfone groups is 1. The molecule has 2 atom stereocenters. The lowest BCUT2D eigenvalue weighted by Crippen LogP contribution is -2.47. The van der Waals surface area contributed by atoms with Crippen LogP contribution in [0, 0.1) is 0 Å². The van der Waals surface area contributed by atoms with Crippen molar-refractivity contribution in [2.45, 2.75) is 25.9 Å². The monoisotopic (exact) mass is 269 g/mol. The van der Waals surface area contributed by atoms with Crippen LogP contribution in [-0.4, -0.2) is 42.5 Å². The summed E-state index contributed by atoms with van der Waals surface area (Å²) in [5, 5.41) is 9.28. The highest BCUT2D eigenvalue weighted by molar-refractivity contribution is 7.91. The molecule has 1 saturated heterocycles. The van der Waals surface area contributed by atoms with E-state index in [1.165, 1.54) is 0 Å². The molecule has 0 spiro atoms. The van der Waals surface area contributed by atoms with E-state index in [9.17, 15) is 13.5 Å². The molecule has 1 N–H and O–H groups in total. The summed E-state index contributed by atoms with van der Waals surface area (Å²) >= 11 is 0. The van der Waals surface area contributed by atoms with Gasteiger partial charge in [0, 0.05) is 18.6 Å². The molecule has 100 valence electrons. The van der Waals surface area contributed by atoms with Crippen molar-refractivity contribution in [1.82, 2.24) is 4.90 Å². The second kappa shape index (κ2) is 4.90. The summed E-state index contributed by atoms with van der Waals surface area (Å²) in [5.41, 5.74) is 1.10. The Morgan fingerprint density at radius 3 is 2.50 bits per heavy atom. The third kappa shape index (κ3) is 2.84. The van der Waals surface area contributed by atoms with Crippen molar-refractivity contribution in [2.24, 2.45) is 0 Å². The van der Waals surface area contributed by atoms with E-state index in [0.29, 0.717) is 6.54 Å². The molecule has 1 aromatic rings. The Morgan fingerprint density at radius 1 is 1.33 bits per heavy atom. The lowest BCUT2D eigenvalue weighted by Gasteiger charge is -2.37. The minimum absolute atomic E-state index is 0.0348. The number of aromatic hydroxyl groups is 1. The predicted molar refractivity (Wildman–Crippen MR) is 71.3 cm³/mol. The molecule has 2 unspecified atom stereocenters. The summed E-state index contributed by atoms with van der Waals surface area (Å²) in [5.74, 6) is 0.718. The molecule has 0 saturated carbocycles. The molecule has 0 aliphatic carbocycles. The van der Waals surface area contributed by atoms with Gasteiger partial charge in [0.2, 0.25) is 0 Å². The zero-order valence-electron chi connectivity index (χ0n) is 10.7. The van der Waals surface area contributed by atoms with E-state index in [1.807, 2.05) is 19.1 Å². The number of benzene rings is 1. The molecule has 0 aromatic heterocycles. The summed E-state index contributed by atoms with van der Waals surface area (Å²) < 4.78 is 23.1. The van der Waals surface area contributed by atoms with Crippen LogP contribution in [0.4, 0.5) is 0 Å². The third-order valence-corrected chi connectivity index (χ3v) is 5.39. The number of rotatable bonds is 2. The lowest BCUT2D eigenvalue weighted by atomic mass is 10.1. The van der Waals surface area contributed by atoms with Gasteiger partial charge in [-0.05, 0) is 31.5 Å². The molecule has 0 radical (unpaired) electrons. The maximum Gasteiger partial charge on any atom is 0.153 e. The molecule has 4 nitrogen and oxygen atoms in total. The van der Waals surface area contributed by atoms with Crippen molar-refractivity contribution in [3.8, 4) is 5.75 Å². The fourth-order valence-electron chi connectivity index (χ4n) is 2.53. The Bertz CT molecular complexity index is 510. The number of phenolic OH excluding ortho intramolecular Hbond substituents is 1. The molecule has 1 fully saturated rings. The Morgan fingerprint density at radius 2 is 1.94 bits per heavy atom. The summed E-state index contributed by atoms with van der Waals surface area (Å²) in [7, 11) is -2.87. The number of phenols is 1. The minimum Gasteiger partial charge on any atom is -0.508 e. The van der Waals surface area contributed by atoms with Crippen molar-refractivity contribution in [1.29, 1.82) is 0 Å². The van der Waals surface area contributed by atoms with Gasteiger partial charge in [0.05, 0.1) is 11.5 Å². The fraction of sp³-hybridized carbons (Fsp3) is 0.538. The molecule has 18 heavy (non-hydrogen) atoms. The smallest absolute Gasteiger partial charge is 0.153 e. The Balaban J connectivity index is 2.14. The SMILES string of the molecule is CC1CS(=O)(=O)CCN1C(C)c1ccc(O)cc1. The molecule has 2 rings (SSSR count). The van der Waals surface area contributed by atoms with E-state index < -0.39 is 9.84 Å². The van der Waals surface area contributed by atoms with Crippen molar-refractivity contribution in [3.63, 3.8) is 0 Å². The van der Waals surface area contributed by atoms with Gasteiger partial charge in [-0.2, -0.15) is 0 Å². The van der Waals surface area contributed by atoms with Crippen LogP contribution in [0.25, 0.3) is 0 Å². The molecule has 0 amide bonds. The van der Waals surface area contributed by atoms with Crippen molar-refractivity contribution in [2.75, 3.05) is 18.1 Å². The molecule has 0 bridgehead atoms.